The molecule has 0 spiro atoms. The van der Waals surface area contributed by atoms with E-state index in [2.05, 4.69) is 31.1 Å². The lowest BCUT2D eigenvalue weighted by Gasteiger charge is -2.37. The van der Waals surface area contributed by atoms with Crippen molar-refractivity contribution in [2.24, 2.45) is 5.92 Å². The van der Waals surface area contributed by atoms with Gasteiger partial charge in [-0.3, -0.25) is 0 Å². The van der Waals surface area contributed by atoms with Crippen LogP contribution in [0.3, 0.4) is 0 Å². The first-order valence-corrected chi connectivity index (χ1v) is 13.8. The van der Waals surface area contributed by atoms with Crippen LogP contribution in [-0.2, 0) is 19.7 Å². The Bertz CT molecular complexity index is 1180. The Balaban J connectivity index is 1.48. The molecule has 2 amide bonds. The standard InChI is InChI=1S/C32H40FN3O3/c1-24(2)22-38-30-14-11-27(31(19-30)39-23-26-7-5-4-6-8-26)20-34-32(37)36(29-15-17-35(3)18-16-29)21-25-9-12-28(33)13-10-25/h4-14,19,24,29H,15-18,20-23H2,1-3H3,(H,34,37). The van der Waals surface area contributed by atoms with E-state index in [1.807, 2.05) is 53.4 Å². The lowest BCUT2D eigenvalue weighted by Crippen LogP contribution is -2.49. The van der Waals surface area contributed by atoms with Gasteiger partial charge < -0.3 is 24.6 Å². The second-order valence-corrected chi connectivity index (χ2v) is 10.7. The lowest BCUT2D eigenvalue weighted by atomic mass is 10.0. The number of hydrogen-bond acceptors (Lipinski definition) is 4. The molecule has 0 aliphatic carbocycles. The van der Waals surface area contributed by atoms with E-state index in [1.165, 1.54) is 12.1 Å². The monoisotopic (exact) mass is 533 g/mol. The molecule has 1 heterocycles. The molecule has 0 unspecified atom stereocenters. The average Bonchev–Trinajstić information content (AvgIpc) is 2.95. The number of nitrogens with one attached hydrogen (secondary N) is 1. The number of piperidine rings is 1. The first-order valence-electron chi connectivity index (χ1n) is 13.8. The van der Waals surface area contributed by atoms with E-state index in [0.29, 0.717) is 38.0 Å². The highest BCUT2D eigenvalue weighted by Gasteiger charge is 2.27. The minimum atomic E-state index is -0.280. The Labute approximate surface area is 231 Å². The number of nitrogens with zero attached hydrogens (tertiary/aromatic N) is 2. The molecule has 1 fully saturated rings. The second-order valence-electron chi connectivity index (χ2n) is 10.7. The van der Waals surface area contributed by atoms with Crippen molar-refractivity contribution < 1.29 is 18.7 Å². The number of urea groups is 1. The maximum Gasteiger partial charge on any atom is 0.318 e. The molecule has 0 saturated carbocycles. The van der Waals surface area contributed by atoms with Crippen LogP contribution in [0.25, 0.3) is 0 Å². The molecule has 1 aliphatic rings. The predicted molar refractivity (Wildman–Crippen MR) is 152 cm³/mol. The maximum atomic E-state index is 13.6. The molecule has 3 aromatic rings. The lowest BCUT2D eigenvalue weighted by molar-refractivity contribution is 0.127. The van der Waals surface area contributed by atoms with Gasteiger partial charge in [0.1, 0.15) is 23.9 Å². The van der Waals surface area contributed by atoms with Crippen molar-refractivity contribution >= 4 is 6.03 Å². The number of amides is 2. The number of benzene rings is 3. The fourth-order valence-electron chi connectivity index (χ4n) is 4.64. The summed E-state index contributed by atoms with van der Waals surface area (Å²) in [5.74, 6) is 1.55. The first kappa shape index (κ1) is 28.4. The predicted octanol–water partition coefficient (Wildman–Crippen LogP) is 6.25. The third-order valence-electron chi connectivity index (χ3n) is 6.95. The zero-order valence-electron chi connectivity index (χ0n) is 23.2. The van der Waals surface area contributed by atoms with E-state index in [1.54, 1.807) is 12.1 Å². The summed E-state index contributed by atoms with van der Waals surface area (Å²) in [5.41, 5.74) is 2.85. The van der Waals surface area contributed by atoms with Crippen LogP contribution in [0.15, 0.2) is 72.8 Å². The average molecular weight is 534 g/mol. The first-order chi connectivity index (χ1) is 18.9. The Morgan fingerprint density at radius 2 is 1.72 bits per heavy atom. The molecule has 1 aliphatic heterocycles. The van der Waals surface area contributed by atoms with Crippen molar-refractivity contribution in [3.05, 3.63) is 95.3 Å². The summed E-state index contributed by atoms with van der Waals surface area (Å²) in [7, 11) is 2.10. The van der Waals surface area contributed by atoms with E-state index in [-0.39, 0.29) is 17.9 Å². The third-order valence-corrected chi connectivity index (χ3v) is 6.95. The molecule has 0 atom stereocenters. The van der Waals surface area contributed by atoms with Crippen LogP contribution in [0, 0.1) is 11.7 Å². The number of hydrogen-bond donors (Lipinski definition) is 1. The van der Waals surface area contributed by atoms with Crippen LogP contribution in [0.1, 0.15) is 43.4 Å². The van der Waals surface area contributed by atoms with Gasteiger partial charge >= 0.3 is 6.03 Å². The molecule has 4 rings (SSSR count). The number of carbonyl (C=O) groups excluding carboxylic acids is 1. The molecule has 39 heavy (non-hydrogen) atoms. The zero-order chi connectivity index (χ0) is 27.6. The van der Waals surface area contributed by atoms with E-state index in [0.717, 1.165) is 48.4 Å². The van der Waals surface area contributed by atoms with Gasteiger partial charge in [0.15, 0.2) is 0 Å². The Kier molecular flexibility index (Phi) is 10.2. The van der Waals surface area contributed by atoms with Gasteiger partial charge in [-0.05, 0) is 74.3 Å². The fraction of sp³-hybridized carbons (Fsp3) is 0.406. The van der Waals surface area contributed by atoms with E-state index >= 15 is 0 Å². The van der Waals surface area contributed by atoms with Gasteiger partial charge in [0.25, 0.3) is 0 Å². The minimum Gasteiger partial charge on any atom is -0.493 e. The summed E-state index contributed by atoms with van der Waals surface area (Å²) < 4.78 is 25.6. The highest BCUT2D eigenvalue weighted by Crippen LogP contribution is 2.27. The van der Waals surface area contributed by atoms with Crippen molar-refractivity contribution in [2.45, 2.75) is 52.4 Å². The molecule has 3 aromatic carbocycles. The van der Waals surface area contributed by atoms with Gasteiger partial charge in [-0.25, -0.2) is 9.18 Å². The van der Waals surface area contributed by atoms with Crippen LogP contribution >= 0.6 is 0 Å². The van der Waals surface area contributed by atoms with Crippen LogP contribution in [0.5, 0.6) is 11.5 Å². The van der Waals surface area contributed by atoms with Gasteiger partial charge in [0, 0.05) is 30.8 Å². The summed E-state index contributed by atoms with van der Waals surface area (Å²) >= 11 is 0. The number of carbonyl (C=O) groups is 1. The molecule has 7 heteroatoms. The van der Waals surface area contributed by atoms with Crippen molar-refractivity contribution in [3.8, 4) is 11.5 Å². The van der Waals surface area contributed by atoms with Crippen molar-refractivity contribution in [1.82, 2.24) is 15.1 Å². The van der Waals surface area contributed by atoms with Crippen LogP contribution in [0.4, 0.5) is 9.18 Å². The van der Waals surface area contributed by atoms with Crippen LogP contribution < -0.4 is 14.8 Å². The summed E-state index contributed by atoms with van der Waals surface area (Å²) in [6, 6.07) is 22.1. The molecule has 0 aromatic heterocycles. The summed E-state index contributed by atoms with van der Waals surface area (Å²) in [4.78, 5) is 17.7. The van der Waals surface area contributed by atoms with Crippen molar-refractivity contribution in [2.75, 3.05) is 26.7 Å². The van der Waals surface area contributed by atoms with E-state index in [4.69, 9.17) is 9.47 Å². The SMILES string of the molecule is CC(C)COc1ccc(CNC(=O)N(Cc2ccc(F)cc2)C2CCN(C)CC2)c(OCc2ccccc2)c1. The summed E-state index contributed by atoms with van der Waals surface area (Å²) in [5, 5.41) is 3.13. The van der Waals surface area contributed by atoms with Gasteiger partial charge in [-0.1, -0.05) is 56.3 Å². The number of likely N-dealkylation sites (tertiary alicyclic amines) is 1. The van der Waals surface area contributed by atoms with Gasteiger partial charge in [-0.2, -0.15) is 0 Å². The topological polar surface area (TPSA) is 54.0 Å². The second kappa shape index (κ2) is 14.0. The highest BCUT2D eigenvalue weighted by atomic mass is 19.1. The zero-order valence-corrected chi connectivity index (χ0v) is 23.2. The maximum absolute atomic E-state index is 13.6. The number of rotatable bonds is 11. The molecule has 1 saturated heterocycles. The smallest absolute Gasteiger partial charge is 0.318 e. The highest BCUT2D eigenvalue weighted by molar-refractivity contribution is 5.74. The third kappa shape index (κ3) is 8.72. The number of halogens is 1. The Morgan fingerprint density at radius 3 is 2.41 bits per heavy atom. The molecule has 208 valence electrons. The van der Waals surface area contributed by atoms with Gasteiger partial charge in [0.05, 0.1) is 6.61 Å². The Morgan fingerprint density at radius 1 is 1.00 bits per heavy atom. The molecule has 1 N–H and O–H groups in total. The Hall–Kier alpha value is -3.58. The minimum absolute atomic E-state index is 0.117. The molecule has 6 nitrogen and oxygen atoms in total. The van der Waals surface area contributed by atoms with Crippen molar-refractivity contribution in [1.29, 1.82) is 0 Å². The molecule has 0 radical (unpaired) electrons. The number of ether oxygens (including phenoxy) is 2. The van der Waals surface area contributed by atoms with Crippen LogP contribution in [0.2, 0.25) is 0 Å². The quantitative estimate of drug-likeness (QED) is 0.317. The molecule has 0 bridgehead atoms. The van der Waals surface area contributed by atoms with Crippen molar-refractivity contribution in [3.63, 3.8) is 0 Å². The van der Waals surface area contributed by atoms with E-state index < -0.39 is 0 Å². The summed E-state index contributed by atoms with van der Waals surface area (Å²) in [6.45, 7) is 7.88. The largest absolute Gasteiger partial charge is 0.493 e. The van der Waals surface area contributed by atoms with Gasteiger partial charge in [0.2, 0.25) is 0 Å². The van der Waals surface area contributed by atoms with Crippen LogP contribution in [-0.4, -0.2) is 48.6 Å². The van der Waals surface area contributed by atoms with Gasteiger partial charge in [-0.15, -0.1) is 0 Å². The summed E-state index contributed by atoms with van der Waals surface area (Å²) in [6.07, 6.45) is 1.80. The fourth-order valence-corrected chi connectivity index (χ4v) is 4.64. The van der Waals surface area contributed by atoms with E-state index in [9.17, 15) is 9.18 Å². The molecular formula is C32H40FN3O3. The normalized spacial score (nSPS) is 14.3. The molecular weight excluding hydrogens is 493 g/mol.